The summed E-state index contributed by atoms with van der Waals surface area (Å²) in [6.45, 7) is 5.71. The monoisotopic (exact) mass is 279 g/mol. The first-order chi connectivity index (χ1) is 9.54. The molecule has 0 saturated carbocycles. The zero-order valence-corrected chi connectivity index (χ0v) is 12.2. The molecule has 1 aromatic rings. The smallest absolute Gasteiger partial charge is 0.261 e. The van der Waals surface area contributed by atoms with E-state index in [1.54, 1.807) is 19.2 Å². The predicted octanol–water partition coefficient (Wildman–Crippen LogP) is 1.71. The molecule has 0 atom stereocenters. The number of hydrogen-bond acceptors (Lipinski definition) is 4. The molecule has 0 radical (unpaired) electrons. The van der Waals surface area contributed by atoms with Crippen molar-refractivity contribution in [3.05, 3.63) is 24.3 Å². The fourth-order valence-corrected chi connectivity index (χ4v) is 2.28. The van der Waals surface area contributed by atoms with E-state index in [-0.39, 0.29) is 18.1 Å². The van der Waals surface area contributed by atoms with E-state index in [1.165, 1.54) is 0 Å². The normalized spacial score (nSPS) is 17.6. The van der Waals surface area contributed by atoms with E-state index in [0.717, 1.165) is 0 Å². The average molecular weight is 279 g/mol. The second-order valence-corrected chi connectivity index (χ2v) is 5.35. The first kappa shape index (κ1) is 14.7. The minimum absolute atomic E-state index is 0.00377. The summed E-state index contributed by atoms with van der Waals surface area (Å²) < 4.78 is 16.2. The van der Waals surface area contributed by atoms with Gasteiger partial charge in [0.1, 0.15) is 0 Å². The Morgan fingerprint density at radius 2 is 2.05 bits per heavy atom. The molecule has 5 heteroatoms. The van der Waals surface area contributed by atoms with E-state index in [0.29, 0.717) is 31.3 Å². The van der Waals surface area contributed by atoms with Gasteiger partial charge < -0.3 is 19.1 Å². The Kier molecular flexibility index (Phi) is 4.49. The number of para-hydroxylation sites is 2. The number of benzene rings is 1. The highest BCUT2D eigenvalue weighted by Crippen LogP contribution is 2.26. The van der Waals surface area contributed by atoms with Crippen molar-refractivity contribution in [2.24, 2.45) is 0 Å². The van der Waals surface area contributed by atoms with Crippen LogP contribution in [0.15, 0.2) is 24.3 Å². The zero-order chi connectivity index (χ0) is 14.6. The average Bonchev–Trinajstić information content (AvgIpc) is 2.44. The lowest BCUT2D eigenvalue weighted by Crippen LogP contribution is -2.56. The minimum atomic E-state index is -0.292. The van der Waals surface area contributed by atoms with Gasteiger partial charge in [0, 0.05) is 6.54 Å². The second kappa shape index (κ2) is 6.13. The molecule has 20 heavy (non-hydrogen) atoms. The summed E-state index contributed by atoms with van der Waals surface area (Å²) in [5, 5.41) is 0. The van der Waals surface area contributed by atoms with Crippen LogP contribution in [-0.2, 0) is 9.53 Å². The number of hydrogen-bond donors (Lipinski definition) is 0. The van der Waals surface area contributed by atoms with Crippen molar-refractivity contribution >= 4 is 5.91 Å². The van der Waals surface area contributed by atoms with Crippen LogP contribution >= 0.6 is 0 Å². The Morgan fingerprint density at radius 1 is 1.35 bits per heavy atom. The maximum atomic E-state index is 12.3. The van der Waals surface area contributed by atoms with E-state index in [4.69, 9.17) is 14.2 Å². The molecule has 1 aromatic carbocycles. The van der Waals surface area contributed by atoms with Gasteiger partial charge in [0.05, 0.1) is 25.9 Å². The minimum Gasteiger partial charge on any atom is -0.493 e. The van der Waals surface area contributed by atoms with Crippen molar-refractivity contribution < 1.29 is 19.0 Å². The SMILES string of the molecule is COc1ccccc1OCC(=O)N1CCOCC1(C)C. The standard InChI is InChI=1S/C15H21NO4/c1-15(2)11-19-9-8-16(15)14(17)10-20-13-7-5-4-6-12(13)18-3/h4-7H,8-11H2,1-3H3. The summed E-state index contributed by atoms with van der Waals surface area (Å²) in [4.78, 5) is 14.1. The summed E-state index contributed by atoms with van der Waals surface area (Å²) in [6, 6.07) is 7.30. The third kappa shape index (κ3) is 3.22. The van der Waals surface area contributed by atoms with Gasteiger partial charge in [-0.05, 0) is 26.0 Å². The number of morpholine rings is 1. The Bertz CT molecular complexity index is 473. The highest BCUT2D eigenvalue weighted by atomic mass is 16.5. The Labute approximate surface area is 119 Å². The van der Waals surface area contributed by atoms with Crippen molar-refractivity contribution in [2.45, 2.75) is 19.4 Å². The molecule has 5 nitrogen and oxygen atoms in total. The van der Waals surface area contributed by atoms with Gasteiger partial charge in [-0.1, -0.05) is 12.1 Å². The summed E-state index contributed by atoms with van der Waals surface area (Å²) >= 11 is 0. The fourth-order valence-electron chi connectivity index (χ4n) is 2.28. The molecule has 0 spiro atoms. The molecule has 0 aliphatic carbocycles. The van der Waals surface area contributed by atoms with Gasteiger partial charge in [-0.3, -0.25) is 4.79 Å². The number of ether oxygens (including phenoxy) is 3. The molecule has 1 aliphatic rings. The highest BCUT2D eigenvalue weighted by Gasteiger charge is 2.34. The van der Waals surface area contributed by atoms with Gasteiger partial charge in [-0.2, -0.15) is 0 Å². The third-order valence-electron chi connectivity index (χ3n) is 3.37. The van der Waals surface area contributed by atoms with Crippen LogP contribution in [-0.4, -0.2) is 49.8 Å². The Balaban J connectivity index is 1.98. The van der Waals surface area contributed by atoms with E-state index in [2.05, 4.69) is 0 Å². The van der Waals surface area contributed by atoms with Crippen molar-refractivity contribution in [3.8, 4) is 11.5 Å². The fraction of sp³-hybridized carbons (Fsp3) is 0.533. The maximum Gasteiger partial charge on any atom is 0.261 e. The molecule has 0 unspecified atom stereocenters. The molecule has 2 rings (SSSR count). The topological polar surface area (TPSA) is 48.0 Å². The lowest BCUT2D eigenvalue weighted by Gasteiger charge is -2.42. The number of carbonyl (C=O) groups excluding carboxylic acids is 1. The van der Waals surface area contributed by atoms with Gasteiger partial charge in [-0.15, -0.1) is 0 Å². The van der Waals surface area contributed by atoms with Gasteiger partial charge in [-0.25, -0.2) is 0 Å². The lowest BCUT2D eigenvalue weighted by molar-refractivity contribution is -0.148. The van der Waals surface area contributed by atoms with Crippen LogP contribution in [0.5, 0.6) is 11.5 Å². The molecule has 0 aromatic heterocycles. The van der Waals surface area contributed by atoms with E-state index in [1.807, 2.05) is 30.9 Å². The van der Waals surface area contributed by atoms with Gasteiger partial charge in [0.15, 0.2) is 18.1 Å². The highest BCUT2D eigenvalue weighted by molar-refractivity contribution is 5.78. The summed E-state index contributed by atoms with van der Waals surface area (Å²) in [5.41, 5.74) is -0.292. The van der Waals surface area contributed by atoms with Crippen LogP contribution in [0.1, 0.15) is 13.8 Å². The van der Waals surface area contributed by atoms with Crippen molar-refractivity contribution in [3.63, 3.8) is 0 Å². The summed E-state index contributed by atoms with van der Waals surface area (Å²) in [7, 11) is 1.58. The van der Waals surface area contributed by atoms with Crippen LogP contribution in [0.4, 0.5) is 0 Å². The molecule has 0 bridgehead atoms. The summed E-state index contributed by atoms with van der Waals surface area (Å²) in [5.74, 6) is 1.17. The molecule has 1 saturated heterocycles. The summed E-state index contributed by atoms with van der Waals surface area (Å²) in [6.07, 6.45) is 0. The van der Waals surface area contributed by atoms with Crippen molar-refractivity contribution in [1.82, 2.24) is 4.90 Å². The molecule has 110 valence electrons. The van der Waals surface area contributed by atoms with Crippen LogP contribution in [0.2, 0.25) is 0 Å². The number of nitrogens with zero attached hydrogens (tertiary/aromatic N) is 1. The van der Waals surface area contributed by atoms with E-state index in [9.17, 15) is 4.79 Å². The Morgan fingerprint density at radius 3 is 2.70 bits per heavy atom. The number of amides is 1. The first-order valence-electron chi connectivity index (χ1n) is 6.68. The zero-order valence-electron chi connectivity index (χ0n) is 12.2. The predicted molar refractivity (Wildman–Crippen MR) is 75.1 cm³/mol. The van der Waals surface area contributed by atoms with Gasteiger partial charge >= 0.3 is 0 Å². The molecule has 1 amide bonds. The van der Waals surface area contributed by atoms with Gasteiger partial charge in [0.2, 0.25) is 0 Å². The number of methoxy groups -OCH3 is 1. The third-order valence-corrected chi connectivity index (χ3v) is 3.37. The van der Waals surface area contributed by atoms with E-state index < -0.39 is 0 Å². The molecule has 1 heterocycles. The van der Waals surface area contributed by atoms with Crippen molar-refractivity contribution in [1.29, 1.82) is 0 Å². The van der Waals surface area contributed by atoms with Crippen LogP contribution in [0.3, 0.4) is 0 Å². The lowest BCUT2D eigenvalue weighted by atomic mass is 10.0. The van der Waals surface area contributed by atoms with Crippen molar-refractivity contribution in [2.75, 3.05) is 33.5 Å². The van der Waals surface area contributed by atoms with Crippen LogP contribution < -0.4 is 9.47 Å². The molecule has 0 N–H and O–H groups in total. The molecule has 1 aliphatic heterocycles. The number of carbonyl (C=O) groups is 1. The second-order valence-electron chi connectivity index (χ2n) is 5.35. The molecular weight excluding hydrogens is 258 g/mol. The molecule has 1 fully saturated rings. The Hall–Kier alpha value is -1.75. The first-order valence-corrected chi connectivity index (χ1v) is 6.68. The van der Waals surface area contributed by atoms with Crippen LogP contribution in [0.25, 0.3) is 0 Å². The quantitative estimate of drug-likeness (QED) is 0.842. The van der Waals surface area contributed by atoms with Gasteiger partial charge in [0.25, 0.3) is 5.91 Å². The number of rotatable bonds is 4. The molecular formula is C15H21NO4. The largest absolute Gasteiger partial charge is 0.493 e. The maximum absolute atomic E-state index is 12.3. The van der Waals surface area contributed by atoms with Crippen LogP contribution in [0, 0.1) is 0 Å². The van der Waals surface area contributed by atoms with E-state index >= 15 is 0 Å².